The molecule has 2 amide bonds. The predicted molar refractivity (Wildman–Crippen MR) is 78.4 cm³/mol. The molecule has 0 radical (unpaired) electrons. The Balaban J connectivity index is 1.82. The highest BCUT2D eigenvalue weighted by Gasteiger charge is 2.09. The molecule has 1 aromatic heterocycles. The first-order valence-electron chi connectivity index (χ1n) is 6.56. The van der Waals surface area contributed by atoms with Crippen molar-refractivity contribution in [2.24, 2.45) is 5.73 Å². The van der Waals surface area contributed by atoms with E-state index in [0.29, 0.717) is 13.0 Å². The van der Waals surface area contributed by atoms with E-state index in [9.17, 15) is 4.79 Å². The molecular formula is C15H19N3O2. The van der Waals surface area contributed by atoms with Gasteiger partial charge in [-0.05, 0) is 36.8 Å². The molecule has 1 aromatic carbocycles. The van der Waals surface area contributed by atoms with Crippen molar-refractivity contribution in [3.8, 4) is 0 Å². The van der Waals surface area contributed by atoms with Crippen molar-refractivity contribution in [3.05, 3.63) is 54.0 Å². The van der Waals surface area contributed by atoms with Crippen LogP contribution in [-0.4, -0.2) is 12.1 Å². The summed E-state index contributed by atoms with van der Waals surface area (Å²) in [5.41, 5.74) is 7.29. The van der Waals surface area contributed by atoms with Crippen LogP contribution >= 0.6 is 0 Å². The molecule has 20 heavy (non-hydrogen) atoms. The van der Waals surface area contributed by atoms with Crippen molar-refractivity contribution in [2.75, 3.05) is 5.32 Å². The number of benzene rings is 1. The molecule has 0 spiro atoms. The SMILES string of the molecule is CC(Cc1ccco1)NC(=O)Nc1ccc(CN)cc1. The van der Waals surface area contributed by atoms with Crippen LogP contribution in [-0.2, 0) is 13.0 Å². The van der Waals surface area contributed by atoms with E-state index >= 15 is 0 Å². The van der Waals surface area contributed by atoms with Crippen molar-refractivity contribution in [3.63, 3.8) is 0 Å². The van der Waals surface area contributed by atoms with Crippen LogP contribution in [0, 0.1) is 0 Å². The summed E-state index contributed by atoms with van der Waals surface area (Å²) in [6.45, 7) is 2.42. The molecule has 0 aliphatic heterocycles. The third-order valence-corrected chi connectivity index (χ3v) is 2.91. The molecule has 0 bridgehead atoms. The number of furan rings is 1. The lowest BCUT2D eigenvalue weighted by atomic mass is 10.2. The van der Waals surface area contributed by atoms with Crippen molar-refractivity contribution < 1.29 is 9.21 Å². The smallest absolute Gasteiger partial charge is 0.319 e. The summed E-state index contributed by atoms with van der Waals surface area (Å²) in [6.07, 6.45) is 2.29. The van der Waals surface area contributed by atoms with Crippen LogP contribution in [0.15, 0.2) is 47.1 Å². The van der Waals surface area contributed by atoms with Gasteiger partial charge in [0.25, 0.3) is 0 Å². The summed E-state index contributed by atoms with van der Waals surface area (Å²) in [5.74, 6) is 0.852. The molecule has 1 unspecified atom stereocenters. The van der Waals surface area contributed by atoms with Gasteiger partial charge in [-0.1, -0.05) is 12.1 Å². The normalized spacial score (nSPS) is 11.9. The van der Waals surface area contributed by atoms with Gasteiger partial charge in [0, 0.05) is 24.7 Å². The number of carbonyl (C=O) groups is 1. The highest BCUT2D eigenvalue weighted by atomic mass is 16.3. The molecule has 2 rings (SSSR count). The first-order chi connectivity index (χ1) is 9.67. The molecule has 0 saturated heterocycles. The van der Waals surface area contributed by atoms with E-state index in [4.69, 9.17) is 10.2 Å². The number of carbonyl (C=O) groups excluding carboxylic acids is 1. The second-order valence-corrected chi connectivity index (χ2v) is 4.68. The highest BCUT2D eigenvalue weighted by Crippen LogP contribution is 2.09. The number of nitrogens with one attached hydrogen (secondary N) is 2. The van der Waals surface area contributed by atoms with Gasteiger partial charge in [0.05, 0.1) is 6.26 Å². The van der Waals surface area contributed by atoms with Gasteiger partial charge in [0.2, 0.25) is 0 Å². The number of nitrogens with two attached hydrogens (primary N) is 1. The predicted octanol–water partition coefficient (Wildman–Crippen LogP) is 2.49. The lowest BCUT2D eigenvalue weighted by Crippen LogP contribution is -2.37. The van der Waals surface area contributed by atoms with Crippen LogP contribution in [0.3, 0.4) is 0 Å². The van der Waals surface area contributed by atoms with E-state index < -0.39 is 0 Å². The summed E-state index contributed by atoms with van der Waals surface area (Å²) in [5, 5.41) is 5.64. The van der Waals surface area contributed by atoms with E-state index in [1.54, 1.807) is 6.26 Å². The summed E-state index contributed by atoms with van der Waals surface area (Å²) in [6, 6.07) is 10.9. The van der Waals surface area contributed by atoms with Gasteiger partial charge < -0.3 is 20.8 Å². The minimum absolute atomic E-state index is 0.00975. The topological polar surface area (TPSA) is 80.3 Å². The number of rotatable bonds is 5. The van der Waals surface area contributed by atoms with Crippen molar-refractivity contribution in [1.82, 2.24) is 5.32 Å². The summed E-state index contributed by atoms with van der Waals surface area (Å²) >= 11 is 0. The van der Waals surface area contributed by atoms with E-state index in [-0.39, 0.29) is 12.1 Å². The molecule has 5 heteroatoms. The first kappa shape index (κ1) is 14.1. The van der Waals surface area contributed by atoms with Crippen LogP contribution in [0.25, 0.3) is 0 Å². The van der Waals surface area contributed by atoms with E-state index in [1.165, 1.54) is 0 Å². The molecule has 5 nitrogen and oxygen atoms in total. The quantitative estimate of drug-likeness (QED) is 0.783. The average molecular weight is 273 g/mol. The fourth-order valence-corrected chi connectivity index (χ4v) is 1.90. The van der Waals surface area contributed by atoms with Crippen LogP contribution in [0.4, 0.5) is 10.5 Å². The number of hydrogen-bond acceptors (Lipinski definition) is 3. The highest BCUT2D eigenvalue weighted by molar-refractivity contribution is 5.89. The third-order valence-electron chi connectivity index (χ3n) is 2.91. The van der Waals surface area contributed by atoms with Crippen LogP contribution < -0.4 is 16.4 Å². The largest absolute Gasteiger partial charge is 0.469 e. The Labute approximate surface area is 118 Å². The Bertz CT molecular complexity index is 535. The maximum absolute atomic E-state index is 11.8. The zero-order chi connectivity index (χ0) is 14.4. The van der Waals surface area contributed by atoms with Gasteiger partial charge in [-0.15, -0.1) is 0 Å². The molecule has 0 fully saturated rings. The fourth-order valence-electron chi connectivity index (χ4n) is 1.90. The van der Waals surface area contributed by atoms with Gasteiger partial charge >= 0.3 is 6.03 Å². The maximum atomic E-state index is 11.8. The number of amides is 2. The second-order valence-electron chi connectivity index (χ2n) is 4.68. The molecule has 2 aromatic rings. The Kier molecular flexibility index (Phi) is 4.79. The number of urea groups is 1. The van der Waals surface area contributed by atoms with Gasteiger partial charge in [-0.2, -0.15) is 0 Å². The van der Waals surface area contributed by atoms with Gasteiger partial charge in [-0.25, -0.2) is 4.79 Å². The zero-order valence-electron chi connectivity index (χ0n) is 11.4. The van der Waals surface area contributed by atoms with Crippen LogP contribution in [0.2, 0.25) is 0 Å². The standard InChI is InChI=1S/C15H19N3O2/c1-11(9-14-3-2-8-20-14)17-15(19)18-13-6-4-12(10-16)5-7-13/h2-8,11H,9-10,16H2,1H3,(H2,17,18,19). The van der Waals surface area contributed by atoms with Crippen LogP contribution in [0.1, 0.15) is 18.2 Å². The fraction of sp³-hybridized carbons (Fsp3) is 0.267. The summed E-state index contributed by atoms with van der Waals surface area (Å²) < 4.78 is 5.25. The molecule has 106 valence electrons. The monoisotopic (exact) mass is 273 g/mol. The summed E-state index contributed by atoms with van der Waals surface area (Å²) in [4.78, 5) is 11.8. The average Bonchev–Trinajstić information content (AvgIpc) is 2.92. The maximum Gasteiger partial charge on any atom is 0.319 e. The van der Waals surface area contributed by atoms with Gasteiger partial charge in [0.15, 0.2) is 0 Å². The van der Waals surface area contributed by atoms with Crippen molar-refractivity contribution >= 4 is 11.7 Å². The van der Waals surface area contributed by atoms with E-state index in [2.05, 4.69) is 10.6 Å². The van der Waals surface area contributed by atoms with Gasteiger partial charge in [-0.3, -0.25) is 0 Å². The van der Waals surface area contributed by atoms with E-state index in [1.807, 2.05) is 43.3 Å². The Morgan fingerprint density at radius 3 is 2.65 bits per heavy atom. The lowest BCUT2D eigenvalue weighted by Gasteiger charge is -2.13. The van der Waals surface area contributed by atoms with Crippen LogP contribution in [0.5, 0.6) is 0 Å². The first-order valence-corrected chi connectivity index (χ1v) is 6.56. The summed E-state index contributed by atoms with van der Waals surface area (Å²) in [7, 11) is 0. The molecule has 0 aliphatic rings. The minimum Gasteiger partial charge on any atom is -0.469 e. The van der Waals surface area contributed by atoms with Crippen molar-refractivity contribution in [1.29, 1.82) is 0 Å². The molecule has 4 N–H and O–H groups in total. The molecular weight excluding hydrogens is 254 g/mol. The zero-order valence-corrected chi connectivity index (χ0v) is 11.4. The molecule has 1 atom stereocenters. The minimum atomic E-state index is -0.232. The second kappa shape index (κ2) is 6.77. The van der Waals surface area contributed by atoms with E-state index in [0.717, 1.165) is 17.0 Å². The Morgan fingerprint density at radius 2 is 2.05 bits per heavy atom. The molecule has 0 aliphatic carbocycles. The molecule has 1 heterocycles. The van der Waals surface area contributed by atoms with Crippen molar-refractivity contribution in [2.45, 2.75) is 25.9 Å². The lowest BCUT2D eigenvalue weighted by molar-refractivity contribution is 0.248. The number of hydrogen-bond donors (Lipinski definition) is 3. The van der Waals surface area contributed by atoms with Gasteiger partial charge in [0.1, 0.15) is 5.76 Å². The Hall–Kier alpha value is -2.27. The molecule has 0 saturated carbocycles. The third kappa shape index (κ3) is 4.13. The Morgan fingerprint density at radius 1 is 1.30 bits per heavy atom. The number of anilines is 1.